The van der Waals surface area contributed by atoms with E-state index in [9.17, 15) is 22.8 Å². The summed E-state index contributed by atoms with van der Waals surface area (Å²) in [5.41, 5.74) is -0.334. The molecule has 32 heavy (non-hydrogen) atoms. The van der Waals surface area contributed by atoms with Crippen LogP contribution in [-0.4, -0.2) is 41.7 Å². The first-order chi connectivity index (χ1) is 14.1. The quantitative estimate of drug-likeness (QED) is 0.312. The number of carbonyl (C=O) groups excluding carboxylic acids is 3. The lowest BCUT2D eigenvalue weighted by atomic mass is 9.80. The van der Waals surface area contributed by atoms with Crippen molar-refractivity contribution in [1.82, 2.24) is 9.73 Å². The van der Waals surface area contributed by atoms with Gasteiger partial charge in [-0.25, -0.2) is 14.3 Å². The maximum atomic E-state index is 12.0. The van der Waals surface area contributed by atoms with Crippen molar-refractivity contribution in [2.45, 2.75) is 107 Å². The highest BCUT2D eigenvalue weighted by atomic mass is 32.2. The molecule has 2 amide bonds. The Morgan fingerprint density at radius 1 is 0.875 bits per heavy atom. The van der Waals surface area contributed by atoms with Gasteiger partial charge in [-0.3, -0.25) is 14.4 Å². The van der Waals surface area contributed by atoms with Crippen molar-refractivity contribution in [3.05, 3.63) is 0 Å². The summed E-state index contributed by atoms with van der Waals surface area (Å²) < 4.78 is 23.0. The van der Waals surface area contributed by atoms with Crippen molar-refractivity contribution in [2.75, 3.05) is 0 Å². The summed E-state index contributed by atoms with van der Waals surface area (Å²) in [6.45, 7) is 22.4. The van der Waals surface area contributed by atoms with Gasteiger partial charge in [0.1, 0.15) is 5.78 Å². The van der Waals surface area contributed by atoms with Gasteiger partial charge >= 0.3 is 0 Å². The van der Waals surface area contributed by atoms with Crippen LogP contribution in [0.4, 0.5) is 0 Å². The second-order valence-corrected chi connectivity index (χ2v) is 13.6. The zero-order valence-electron chi connectivity index (χ0n) is 22.2. The number of ketones is 1. The summed E-state index contributed by atoms with van der Waals surface area (Å²) in [6, 6.07) is 0.129. The van der Waals surface area contributed by atoms with Crippen LogP contribution in [0.3, 0.4) is 0 Å². The van der Waals surface area contributed by atoms with E-state index in [1.54, 1.807) is 13.8 Å². The van der Waals surface area contributed by atoms with E-state index in [1.165, 1.54) is 13.8 Å². The second kappa shape index (κ2) is 12.7. The van der Waals surface area contributed by atoms with Crippen LogP contribution in [-0.2, 0) is 24.4 Å². The molecule has 0 rings (SSSR count). The molecule has 9 heteroatoms. The number of hydrogen-bond donors (Lipinski definition) is 2. The number of carbonyl (C=O) groups is 3. The Morgan fingerprint density at radius 3 is 1.59 bits per heavy atom. The van der Waals surface area contributed by atoms with Crippen molar-refractivity contribution in [3.8, 4) is 0 Å². The van der Waals surface area contributed by atoms with Gasteiger partial charge in [-0.05, 0) is 25.2 Å². The van der Waals surface area contributed by atoms with Gasteiger partial charge in [0.05, 0.1) is 5.25 Å². The SMILES string of the molecule is CC(C)C(=O)N(N)S(=O)(=O)C(C)C.CC(C)C(NC(=O)CCC(=O)C(C)(C)C)C(C)(C)C. The lowest BCUT2D eigenvalue weighted by Crippen LogP contribution is -2.47. The van der Waals surface area contributed by atoms with E-state index in [4.69, 9.17) is 5.84 Å². The average molecular weight is 478 g/mol. The minimum atomic E-state index is -3.66. The van der Waals surface area contributed by atoms with Gasteiger partial charge in [0, 0.05) is 30.2 Å². The summed E-state index contributed by atoms with van der Waals surface area (Å²) in [6.07, 6.45) is 0.611. The van der Waals surface area contributed by atoms with Crippen LogP contribution < -0.4 is 11.2 Å². The maximum absolute atomic E-state index is 12.0. The summed E-state index contributed by atoms with van der Waals surface area (Å²) in [5.74, 6) is 4.68. The minimum Gasteiger partial charge on any atom is -0.353 e. The fourth-order valence-electron chi connectivity index (χ4n) is 2.84. The van der Waals surface area contributed by atoms with Crippen LogP contribution >= 0.6 is 0 Å². The zero-order chi connectivity index (χ0) is 26.2. The van der Waals surface area contributed by atoms with E-state index in [-0.39, 0.29) is 35.0 Å². The Bertz CT molecular complexity index is 730. The van der Waals surface area contributed by atoms with Crippen LogP contribution in [0.5, 0.6) is 0 Å². The fraction of sp³-hybridized carbons (Fsp3) is 0.870. The molecule has 0 aromatic rings. The van der Waals surface area contributed by atoms with Crippen LogP contribution in [0, 0.1) is 22.7 Å². The fourth-order valence-corrected chi connectivity index (χ4v) is 3.75. The van der Waals surface area contributed by atoms with Crippen LogP contribution in [0.25, 0.3) is 0 Å². The number of hydrazine groups is 1. The first-order valence-corrected chi connectivity index (χ1v) is 12.7. The van der Waals surface area contributed by atoms with Gasteiger partial charge < -0.3 is 5.32 Å². The molecule has 0 aliphatic rings. The molecule has 0 fully saturated rings. The number of sulfonamides is 1. The van der Waals surface area contributed by atoms with Gasteiger partial charge in [-0.1, -0.05) is 69.2 Å². The number of nitrogens with zero attached hydrogens (tertiary/aromatic N) is 1. The summed E-state index contributed by atoms with van der Waals surface area (Å²) in [5, 5.41) is 2.39. The Balaban J connectivity index is 0. The smallest absolute Gasteiger partial charge is 0.253 e. The first kappa shape index (κ1) is 32.7. The molecule has 3 N–H and O–H groups in total. The number of nitrogens with one attached hydrogen (secondary N) is 1. The molecule has 0 heterocycles. The van der Waals surface area contributed by atoms with Gasteiger partial charge in [0.25, 0.3) is 15.9 Å². The molecule has 0 saturated heterocycles. The molecule has 0 aromatic heterocycles. The molecule has 190 valence electrons. The Labute approximate surface area is 196 Å². The average Bonchev–Trinajstić information content (AvgIpc) is 2.60. The molecule has 8 nitrogen and oxygen atoms in total. The lowest BCUT2D eigenvalue weighted by Gasteiger charge is -2.34. The normalized spacial score (nSPS) is 13.5. The molecule has 0 radical (unpaired) electrons. The van der Waals surface area contributed by atoms with Gasteiger partial charge in [-0.2, -0.15) is 4.41 Å². The van der Waals surface area contributed by atoms with E-state index >= 15 is 0 Å². The largest absolute Gasteiger partial charge is 0.353 e. The Hall–Kier alpha value is -1.48. The molecule has 0 spiro atoms. The molecular weight excluding hydrogens is 430 g/mol. The summed E-state index contributed by atoms with van der Waals surface area (Å²) in [7, 11) is -3.66. The van der Waals surface area contributed by atoms with Crippen LogP contribution in [0.2, 0.25) is 0 Å². The molecule has 1 atom stereocenters. The third kappa shape index (κ3) is 11.4. The Kier molecular flexibility index (Phi) is 13.0. The highest BCUT2D eigenvalue weighted by Gasteiger charge is 2.30. The third-order valence-corrected chi connectivity index (χ3v) is 6.83. The maximum Gasteiger partial charge on any atom is 0.253 e. The molecule has 1 unspecified atom stereocenters. The number of amides is 2. The van der Waals surface area contributed by atoms with Gasteiger partial charge in [0.2, 0.25) is 5.91 Å². The van der Waals surface area contributed by atoms with E-state index in [0.29, 0.717) is 16.8 Å². The van der Waals surface area contributed by atoms with Crippen molar-refractivity contribution in [2.24, 2.45) is 28.5 Å². The molecule has 0 saturated carbocycles. The first-order valence-electron chi connectivity index (χ1n) is 11.2. The Morgan fingerprint density at radius 2 is 1.31 bits per heavy atom. The molecule has 0 aromatic carbocycles. The standard InChI is InChI=1S/C16H31NO2.C7H16N2O3S/c1-11(2)14(16(6,7)8)17-13(19)10-9-12(18)15(3,4)5;1-5(2)7(10)9(8)13(11,12)6(3)4/h11,14H,9-10H2,1-8H3,(H,17,19);5-6H,8H2,1-4H3. The lowest BCUT2D eigenvalue weighted by molar-refractivity contribution is -0.130. The summed E-state index contributed by atoms with van der Waals surface area (Å²) in [4.78, 5) is 35.0. The predicted octanol–water partition coefficient (Wildman–Crippen LogP) is 3.65. The molecule has 0 aliphatic carbocycles. The zero-order valence-corrected chi connectivity index (χ0v) is 23.0. The van der Waals surface area contributed by atoms with Crippen molar-refractivity contribution >= 4 is 27.6 Å². The van der Waals surface area contributed by atoms with E-state index in [0.717, 1.165) is 0 Å². The van der Waals surface area contributed by atoms with E-state index in [2.05, 4.69) is 39.9 Å². The van der Waals surface area contributed by atoms with Crippen LogP contribution in [0.15, 0.2) is 0 Å². The van der Waals surface area contributed by atoms with Gasteiger partial charge in [-0.15, -0.1) is 0 Å². The minimum absolute atomic E-state index is 0.0220. The highest BCUT2D eigenvalue weighted by molar-refractivity contribution is 7.90. The number of nitrogens with two attached hydrogens (primary N) is 1. The number of Topliss-reactive ketones (excluding diaryl/α,β-unsaturated/α-hetero) is 1. The third-order valence-electron chi connectivity index (χ3n) is 4.91. The highest BCUT2D eigenvalue weighted by Crippen LogP contribution is 2.25. The predicted molar refractivity (Wildman–Crippen MR) is 130 cm³/mol. The molecule has 0 bridgehead atoms. The summed E-state index contributed by atoms with van der Waals surface area (Å²) >= 11 is 0. The number of rotatable bonds is 8. The molecular formula is C23H47N3O5S. The van der Waals surface area contributed by atoms with Crippen LogP contribution in [0.1, 0.15) is 95.9 Å². The number of hydrogen-bond acceptors (Lipinski definition) is 6. The van der Waals surface area contributed by atoms with Crippen molar-refractivity contribution in [3.63, 3.8) is 0 Å². The topological polar surface area (TPSA) is 127 Å². The van der Waals surface area contributed by atoms with Crippen molar-refractivity contribution < 1.29 is 22.8 Å². The monoisotopic (exact) mass is 477 g/mol. The van der Waals surface area contributed by atoms with Gasteiger partial charge in [0.15, 0.2) is 0 Å². The second-order valence-electron chi connectivity index (χ2n) is 11.2. The van der Waals surface area contributed by atoms with E-state index in [1.807, 2.05) is 20.8 Å². The van der Waals surface area contributed by atoms with Crippen molar-refractivity contribution in [1.29, 1.82) is 0 Å². The van der Waals surface area contributed by atoms with E-state index < -0.39 is 27.1 Å². The molecule has 0 aliphatic heterocycles.